The molecular formula is C14H17N5O4. The van der Waals surface area contributed by atoms with E-state index in [-0.39, 0.29) is 19.0 Å². The lowest BCUT2D eigenvalue weighted by atomic mass is 10.0. The van der Waals surface area contributed by atoms with Crippen molar-refractivity contribution in [1.82, 2.24) is 25.5 Å². The lowest BCUT2D eigenvalue weighted by Crippen LogP contribution is -2.29. The number of hydrogen-bond acceptors (Lipinski definition) is 6. The fraction of sp³-hybridized carbons (Fsp3) is 0.429. The van der Waals surface area contributed by atoms with Crippen molar-refractivity contribution in [1.29, 1.82) is 0 Å². The smallest absolute Gasteiger partial charge is 0.405 e. The summed E-state index contributed by atoms with van der Waals surface area (Å²) in [5.74, 6) is 1.15. The van der Waals surface area contributed by atoms with E-state index in [9.17, 15) is 4.79 Å². The number of hydrogen-bond donors (Lipinski definition) is 3. The molecule has 0 radical (unpaired) electrons. The molecule has 1 aromatic carbocycles. The van der Waals surface area contributed by atoms with Crippen molar-refractivity contribution < 1.29 is 19.7 Å². The van der Waals surface area contributed by atoms with Gasteiger partial charge in [-0.05, 0) is 22.4 Å². The van der Waals surface area contributed by atoms with Crippen LogP contribution in [0.4, 0.5) is 4.79 Å². The Morgan fingerprint density at radius 1 is 1.48 bits per heavy atom. The zero-order valence-electron chi connectivity index (χ0n) is 12.3. The molecule has 1 amide bonds. The highest BCUT2D eigenvalue weighted by molar-refractivity contribution is 5.65. The van der Waals surface area contributed by atoms with Gasteiger partial charge in [-0.2, -0.15) is 4.80 Å². The van der Waals surface area contributed by atoms with Gasteiger partial charge in [0.05, 0.1) is 19.8 Å². The molecule has 1 atom stereocenters. The number of amides is 1. The number of aliphatic hydroxyl groups is 1. The number of rotatable bonds is 6. The van der Waals surface area contributed by atoms with E-state index in [4.69, 9.17) is 14.9 Å². The Labute approximate surface area is 131 Å². The monoisotopic (exact) mass is 319 g/mol. The fourth-order valence-corrected chi connectivity index (χ4v) is 2.54. The van der Waals surface area contributed by atoms with Crippen LogP contribution < -0.4 is 10.1 Å². The van der Waals surface area contributed by atoms with E-state index >= 15 is 0 Å². The fourth-order valence-electron chi connectivity index (χ4n) is 2.54. The van der Waals surface area contributed by atoms with Crippen LogP contribution in [0.25, 0.3) is 0 Å². The van der Waals surface area contributed by atoms with E-state index in [0.29, 0.717) is 13.0 Å². The maximum atomic E-state index is 11.0. The van der Waals surface area contributed by atoms with Gasteiger partial charge in [0, 0.05) is 12.8 Å². The molecule has 2 heterocycles. The first-order valence-corrected chi connectivity index (χ1v) is 7.28. The van der Waals surface area contributed by atoms with Crippen LogP contribution in [0.2, 0.25) is 0 Å². The molecular weight excluding hydrogens is 302 g/mol. The molecule has 1 aliphatic heterocycles. The van der Waals surface area contributed by atoms with Crippen molar-refractivity contribution in [3.63, 3.8) is 0 Å². The lowest BCUT2D eigenvalue weighted by Gasteiger charge is -2.13. The summed E-state index contributed by atoms with van der Waals surface area (Å²) in [6.45, 7) is 0.771. The van der Waals surface area contributed by atoms with Crippen molar-refractivity contribution in [2.45, 2.75) is 25.4 Å². The van der Waals surface area contributed by atoms with Crippen LogP contribution in [0.5, 0.6) is 5.75 Å². The number of aromatic nitrogens is 4. The predicted molar refractivity (Wildman–Crippen MR) is 78.1 cm³/mol. The molecule has 23 heavy (non-hydrogen) atoms. The van der Waals surface area contributed by atoms with E-state index in [1.165, 1.54) is 4.80 Å². The first-order chi connectivity index (χ1) is 11.2. The van der Waals surface area contributed by atoms with Crippen molar-refractivity contribution >= 4 is 6.09 Å². The van der Waals surface area contributed by atoms with E-state index in [0.717, 1.165) is 23.3 Å². The Bertz CT molecular complexity index is 702. The number of tetrazole rings is 1. The number of nitrogens with one attached hydrogen (secondary N) is 1. The summed E-state index contributed by atoms with van der Waals surface area (Å²) >= 11 is 0. The summed E-state index contributed by atoms with van der Waals surface area (Å²) in [6.07, 6.45) is 0.105. The minimum absolute atomic E-state index is 0.113. The Balaban J connectivity index is 1.79. The van der Waals surface area contributed by atoms with Gasteiger partial charge in [0.2, 0.25) is 0 Å². The summed E-state index contributed by atoms with van der Waals surface area (Å²) in [4.78, 5) is 12.3. The van der Waals surface area contributed by atoms with Crippen molar-refractivity contribution in [2.24, 2.45) is 0 Å². The van der Waals surface area contributed by atoms with Crippen LogP contribution in [-0.4, -0.2) is 49.7 Å². The van der Waals surface area contributed by atoms with Crippen molar-refractivity contribution in [3.8, 4) is 5.75 Å². The summed E-state index contributed by atoms with van der Waals surface area (Å²) in [5.41, 5.74) is 2.08. The van der Waals surface area contributed by atoms with Crippen LogP contribution in [0.3, 0.4) is 0 Å². The zero-order chi connectivity index (χ0) is 16.2. The van der Waals surface area contributed by atoms with E-state index in [1.54, 1.807) is 0 Å². The molecule has 1 aromatic heterocycles. The van der Waals surface area contributed by atoms with Gasteiger partial charge in [0.15, 0.2) is 5.82 Å². The molecule has 0 unspecified atom stereocenters. The second-order valence-corrected chi connectivity index (χ2v) is 5.21. The van der Waals surface area contributed by atoms with Crippen LogP contribution >= 0.6 is 0 Å². The number of aliphatic hydroxyl groups excluding tert-OH is 1. The maximum absolute atomic E-state index is 11.0. The first kappa shape index (κ1) is 15.2. The molecule has 0 spiro atoms. The third-order valence-electron chi connectivity index (χ3n) is 3.57. The largest absolute Gasteiger partial charge is 0.493 e. The SMILES string of the molecule is O=C(O)N[C@@H](Cc1ccc2c(c1)CCO2)c1nnn(CCO)n1. The molecule has 122 valence electrons. The van der Waals surface area contributed by atoms with Gasteiger partial charge in [-0.3, -0.25) is 0 Å². The lowest BCUT2D eigenvalue weighted by molar-refractivity contribution is 0.189. The van der Waals surface area contributed by atoms with Gasteiger partial charge in [0.1, 0.15) is 11.8 Å². The van der Waals surface area contributed by atoms with E-state index in [2.05, 4.69) is 20.7 Å². The molecule has 9 heteroatoms. The Kier molecular flexibility index (Phi) is 4.38. The second-order valence-electron chi connectivity index (χ2n) is 5.21. The van der Waals surface area contributed by atoms with Crippen LogP contribution in [0, 0.1) is 0 Å². The highest BCUT2D eigenvalue weighted by Gasteiger charge is 2.21. The van der Waals surface area contributed by atoms with Gasteiger partial charge in [-0.15, -0.1) is 10.2 Å². The number of ether oxygens (including phenoxy) is 1. The average Bonchev–Trinajstić information content (AvgIpc) is 3.15. The van der Waals surface area contributed by atoms with Gasteiger partial charge < -0.3 is 20.3 Å². The Morgan fingerprint density at radius 3 is 3.13 bits per heavy atom. The average molecular weight is 319 g/mol. The quantitative estimate of drug-likeness (QED) is 0.692. The van der Waals surface area contributed by atoms with Gasteiger partial charge >= 0.3 is 6.09 Å². The van der Waals surface area contributed by atoms with Gasteiger partial charge in [-0.25, -0.2) is 4.79 Å². The zero-order valence-corrected chi connectivity index (χ0v) is 12.3. The van der Waals surface area contributed by atoms with E-state index < -0.39 is 12.1 Å². The number of fused-ring (bicyclic) bond motifs is 1. The minimum atomic E-state index is -1.15. The topological polar surface area (TPSA) is 122 Å². The second kappa shape index (κ2) is 6.61. The summed E-state index contributed by atoms with van der Waals surface area (Å²) in [5, 5.41) is 32.1. The van der Waals surface area contributed by atoms with Crippen LogP contribution in [0.15, 0.2) is 18.2 Å². The van der Waals surface area contributed by atoms with Gasteiger partial charge in [-0.1, -0.05) is 12.1 Å². The highest BCUT2D eigenvalue weighted by Crippen LogP contribution is 2.27. The molecule has 0 bridgehead atoms. The van der Waals surface area contributed by atoms with Crippen molar-refractivity contribution in [2.75, 3.05) is 13.2 Å². The Hall–Kier alpha value is -2.68. The summed E-state index contributed by atoms with van der Waals surface area (Å²) in [6, 6.07) is 5.20. The first-order valence-electron chi connectivity index (χ1n) is 7.28. The molecule has 1 aliphatic rings. The molecule has 0 saturated carbocycles. The molecule has 0 saturated heterocycles. The summed E-state index contributed by atoms with van der Waals surface area (Å²) < 4.78 is 5.47. The molecule has 9 nitrogen and oxygen atoms in total. The van der Waals surface area contributed by atoms with E-state index in [1.807, 2.05) is 18.2 Å². The predicted octanol–water partition coefficient (Wildman–Crippen LogP) is 0.152. The van der Waals surface area contributed by atoms with Gasteiger partial charge in [0.25, 0.3) is 0 Å². The molecule has 3 N–H and O–H groups in total. The molecule has 3 rings (SSSR count). The molecule has 0 fully saturated rings. The van der Waals surface area contributed by atoms with Crippen molar-refractivity contribution in [3.05, 3.63) is 35.2 Å². The van der Waals surface area contributed by atoms with Crippen LogP contribution in [0.1, 0.15) is 23.0 Å². The number of benzene rings is 1. The molecule has 0 aliphatic carbocycles. The number of carbonyl (C=O) groups is 1. The normalized spacial score (nSPS) is 14.1. The number of nitrogens with zero attached hydrogens (tertiary/aromatic N) is 4. The maximum Gasteiger partial charge on any atom is 0.405 e. The van der Waals surface area contributed by atoms with Crippen LogP contribution in [-0.2, 0) is 19.4 Å². The molecule has 2 aromatic rings. The number of carboxylic acid groups (broad SMARTS) is 1. The third-order valence-corrected chi connectivity index (χ3v) is 3.57. The highest BCUT2D eigenvalue weighted by atomic mass is 16.5. The minimum Gasteiger partial charge on any atom is -0.493 e. The standard InChI is InChI=1S/C14H17N5O4/c20-5-4-19-17-13(16-18-19)11(15-14(21)22)8-9-1-2-12-10(7-9)3-6-23-12/h1-2,7,11,15,20H,3-6,8H2,(H,21,22)/t11-/m0/s1. The third kappa shape index (κ3) is 3.57. The summed E-state index contributed by atoms with van der Waals surface area (Å²) in [7, 11) is 0. The Morgan fingerprint density at radius 2 is 2.35 bits per heavy atom.